The molecule has 0 atom stereocenters. The van der Waals surface area contributed by atoms with Gasteiger partial charge in [-0.1, -0.05) is 36.4 Å². The van der Waals surface area contributed by atoms with E-state index in [1.807, 2.05) is 0 Å². The van der Waals surface area contributed by atoms with Crippen molar-refractivity contribution in [2.75, 3.05) is 10.6 Å². The minimum Gasteiger partial charge on any atom is -0.321 e. The zero-order valence-corrected chi connectivity index (χ0v) is 21.9. The van der Waals surface area contributed by atoms with E-state index in [0.29, 0.717) is 22.5 Å². The Morgan fingerprint density at radius 3 is 1.97 bits per heavy atom. The zero-order chi connectivity index (χ0) is 28.2. The number of nitrogens with zero attached hydrogens (tertiary/aromatic N) is 1. The Balaban J connectivity index is 1.36. The smallest absolute Gasteiger partial charge is 0.321 e. The fraction of sp³-hybridized carbons (Fsp3) is 0.0385. The van der Waals surface area contributed by atoms with Gasteiger partial charge in [0.05, 0.1) is 10.6 Å². The Hall–Kier alpha value is -3.95. The van der Waals surface area contributed by atoms with Gasteiger partial charge in [-0.3, -0.25) is 13.9 Å². The maximum atomic E-state index is 12.5. The molecule has 0 radical (unpaired) electrons. The van der Waals surface area contributed by atoms with Gasteiger partial charge in [-0.25, -0.2) is 9.79 Å². The van der Waals surface area contributed by atoms with Crippen LogP contribution in [0.2, 0.25) is 0 Å². The van der Waals surface area contributed by atoms with Gasteiger partial charge in [0.25, 0.3) is 5.91 Å². The van der Waals surface area contributed by atoms with Crippen molar-refractivity contribution in [2.24, 2.45) is 4.99 Å². The van der Waals surface area contributed by atoms with Gasteiger partial charge in [0.15, 0.2) is 0 Å². The van der Waals surface area contributed by atoms with Gasteiger partial charge >= 0.3 is 21.2 Å². The number of hydrogen-bond acceptors (Lipinski definition) is 4. The highest BCUT2D eigenvalue weighted by Gasteiger charge is 2.21. The molecule has 0 heterocycles. The number of rotatable bonds is 6. The van der Waals surface area contributed by atoms with Crippen molar-refractivity contribution in [2.45, 2.75) is 6.42 Å². The maximum absolute atomic E-state index is 12.5. The Kier molecular flexibility index (Phi) is 8.22. The van der Waals surface area contributed by atoms with E-state index in [1.54, 1.807) is 36.4 Å². The van der Waals surface area contributed by atoms with Crippen LogP contribution in [0.4, 0.5) is 16.2 Å². The molecule has 1 aliphatic rings. The number of nitrogens with one attached hydrogen (secondary N) is 2. The third-order valence-corrected chi connectivity index (χ3v) is 7.46. The molecule has 0 fully saturated rings. The van der Waals surface area contributed by atoms with Gasteiger partial charge in [-0.15, -0.1) is 0 Å². The van der Waals surface area contributed by atoms with E-state index in [-0.39, 0.29) is 28.3 Å². The van der Waals surface area contributed by atoms with E-state index in [4.69, 9.17) is 0 Å². The van der Waals surface area contributed by atoms with Crippen LogP contribution in [0, 0.1) is 0 Å². The van der Waals surface area contributed by atoms with Crippen molar-refractivity contribution in [3.05, 3.63) is 102 Å². The quantitative estimate of drug-likeness (QED) is 0.237. The summed E-state index contributed by atoms with van der Waals surface area (Å²) in [7, 11) is -8.83. The molecule has 0 aliphatic heterocycles. The van der Waals surface area contributed by atoms with E-state index in [0.717, 1.165) is 0 Å². The summed E-state index contributed by atoms with van der Waals surface area (Å²) in [6.07, 6.45) is 4.28. The monoisotopic (exact) mass is 567 g/mol. The summed E-state index contributed by atoms with van der Waals surface area (Å²) >= 11 is 0. The van der Waals surface area contributed by atoms with Gasteiger partial charge in [-0.05, 0) is 65.7 Å². The molecule has 3 amide bonds. The van der Waals surface area contributed by atoms with Crippen molar-refractivity contribution >= 4 is 49.5 Å². The van der Waals surface area contributed by atoms with Crippen LogP contribution < -0.4 is 15.9 Å². The zero-order valence-electron chi connectivity index (χ0n) is 20.1. The van der Waals surface area contributed by atoms with Crippen LogP contribution in [0.15, 0.2) is 101 Å². The molecule has 0 saturated heterocycles. The van der Waals surface area contributed by atoms with Gasteiger partial charge in [-0.2, -0.15) is 0 Å². The summed E-state index contributed by atoms with van der Waals surface area (Å²) in [6.45, 7) is 0. The summed E-state index contributed by atoms with van der Waals surface area (Å²) in [4.78, 5) is 66.1. The molecule has 3 aromatic carbocycles. The molecule has 1 aliphatic carbocycles. The number of allylic oxidation sites excluding steroid dienone is 4. The molecule has 0 aromatic heterocycles. The normalized spacial score (nSPS) is 14.6. The summed E-state index contributed by atoms with van der Waals surface area (Å²) in [5.74, 6) is -0.593. The van der Waals surface area contributed by atoms with E-state index in [9.17, 15) is 38.3 Å². The lowest BCUT2D eigenvalue weighted by Crippen LogP contribution is -2.19. The molecular formula is C26H23N3O8P2. The molecule has 6 N–H and O–H groups in total. The highest BCUT2D eigenvalue weighted by Crippen LogP contribution is 2.46. The molecule has 0 saturated carbocycles. The Morgan fingerprint density at radius 2 is 1.38 bits per heavy atom. The molecular weight excluding hydrogens is 544 g/mol. The minimum absolute atomic E-state index is 0.0845. The van der Waals surface area contributed by atoms with Crippen LogP contribution in [-0.2, 0) is 9.13 Å². The lowest BCUT2D eigenvalue weighted by atomic mass is 10.1. The first-order valence-corrected chi connectivity index (χ1v) is 14.6. The second-order valence-electron chi connectivity index (χ2n) is 8.46. The van der Waals surface area contributed by atoms with Gasteiger partial charge in [0.2, 0.25) is 0 Å². The number of anilines is 2. The number of aliphatic imine (C=N–C) groups is 1. The van der Waals surface area contributed by atoms with Gasteiger partial charge in [0.1, 0.15) is 0 Å². The molecule has 3 aromatic rings. The molecule has 13 heteroatoms. The number of carbonyl (C=O) groups is 2. The van der Waals surface area contributed by atoms with Crippen molar-refractivity contribution in [3.63, 3.8) is 0 Å². The number of amides is 3. The lowest BCUT2D eigenvalue weighted by molar-refractivity contribution is 0.100. The SMILES string of the molecule is O=C(Nc1ccc(C(=O)N=C2C=C(P(=O)(O)O)C=CC2)cc1)Nc1ccc(-c2cccc(P(=O)(O)O)c2)cc1. The van der Waals surface area contributed by atoms with Crippen molar-refractivity contribution in [3.8, 4) is 11.1 Å². The fourth-order valence-corrected chi connectivity index (χ4v) is 4.84. The minimum atomic E-state index is -4.45. The van der Waals surface area contributed by atoms with Gasteiger partial charge in [0, 0.05) is 29.1 Å². The molecule has 200 valence electrons. The summed E-state index contributed by atoms with van der Waals surface area (Å²) in [5.41, 5.74) is 2.67. The predicted octanol–water partition coefficient (Wildman–Crippen LogP) is 4.40. The molecule has 4 rings (SSSR count). The summed E-state index contributed by atoms with van der Waals surface area (Å²) in [5, 5.41) is 5.02. The largest absolute Gasteiger partial charge is 0.356 e. The van der Waals surface area contributed by atoms with Crippen LogP contribution in [-0.4, -0.2) is 37.2 Å². The van der Waals surface area contributed by atoms with Crippen LogP contribution in [0.1, 0.15) is 16.8 Å². The van der Waals surface area contributed by atoms with Crippen LogP contribution >= 0.6 is 15.2 Å². The predicted molar refractivity (Wildman–Crippen MR) is 148 cm³/mol. The average molecular weight is 567 g/mol. The van der Waals surface area contributed by atoms with E-state index in [2.05, 4.69) is 15.6 Å². The first-order valence-electron chi connectivity index (χ1n) is 11.4. The second kappa shape index (κ2) is 11.4. The number of urea groups is 1. The molecule has 0 bridgehead atoms. The third kappa shape index (κ3) is 7.55. The Morgan fingerprint density at radius 1 is 0.769 bits per heavy atom. The first kappa shape index (κ1) is 28.1. The Bertz CT molecular complexity index is 1600. The fourth-order valence-electron chi connectivity index (χ4n) is 3.63. The average Bonchev–Trinajstić information content (AvgIpc) is 2.89. The maximum Gasteiger partial charge on any atom is 0.356 e. The molecule has 0 unspecified atom stereocenters. The molecule has 39 heavy (non-hydrogen) atoms. The van der Waals surface area contributed by atoms with E-state index in [1.165, 1.54) is 54.6 Å². The highest BCUT2D eigenvalue weighted by atomic mass is 31.2. The Labute approximate surface area is 223 Å². The van der Waals surface area contributed by atoms with Gasteiger partial charge < -0.3 is 30.2 Å². The summed E-state index contributed by atoms with van der Waals surface area (Å²) < 4.78 is 22.9. The van der Waals surface area contributed by atoms with Crippen LogP contribution in [0.25, 0.3) is 11.1 Å². The first-order chi connectivity index (χ1) is 18.4. The van der Waals surface area contributed by atoms with Crippen LogP contribution in [0.3, 0.4) is 0 Å². The molecule has 11 nitrogen and oxygen atoms in total. The van der Waals surface area contributed by atoms with Crippen molar-refractivity contribution in [1.82, 2.24) is 0 Å². The second-order valence-corrected chi connectivity index (χ2v) is 11.7. The third-order valence-electron chi connectivity index (χ3n) is 5.56. The van der Waals surface area contributed by atoms with E-state index >= 15 is 0 Å². The number of carbonyl (C=O) groups excluding carboxylic acids is 2. The number of hydrogen-bond donors (Lipinski definition) is 6. The number of benzene rings is 3. The molecule has 0 spiro atoms. The van der Waals surface area contributed by atoms with E-state index < -0.39 is 27.1 Å². The van der Waals surface area contributed by atoms with Crippen molar-refractivity contribution in [1.29, 1.82) is 0 Å². The highest BCUT2D eigenvalue weighted by molar-refractivity contribution is 7.60. The standard InChI is InChI=1S/C26H23N3O8P2/c30-25(27-22-4-2-6-24(16-22)39(35,36)37)18-9-13-21(14-10-18)29-26(31)28-20-11-7-17(8-12-20)19-3-1-5-23(15-19)38(32,33)34/h1-3,5-16H,4H2,(H2,28,29,31)(H2,32,33,34)(H2,35,36,37). The van der Waals surface area contributed by atoms with Crippen LogP contribution in [0.5, 0.6) is 0 Å². The lowest BCUT2D eigenvalue weighted by Gasteiger charge is -2.10. The van der Waals surface area contributed by atoms with Crippen molar-refractivity contribution < 1.29 is 38.3 Å². The summed E-state index contributed by atoms with van der Waals surface area (Å²) in [6, 6.07) is 18.2. The topological polar surface area (TPSA) is 186 Å².